The van der Waals surface area contributed by atoms with Crippen molar-refractivity contribution in [1.29, 1.82) is 0 Å². The van der Waals surface area contributed by atoms with Crippen LogP contribution in [0.2, 0.25) is 0 Å². The van der Waals surface area contributed by atoms with Gasteiger partial charge in [0, 0.05) is 5.56 Å². The van der Waals surface area contributed by atoms with Gasteiger partial charge in [0.2, 0.25) is 11.7 Å². The van der Waals surface area contributed by atoms with Crippen LogP contribution in [0.1, 0.15) is 37.8 Å². The molecule has 2 atom stereocenters. The Hall–Kier alpha value is -1.88. The largest absolute Gasteiger partial charge is 0.496 e. The number of nitrogens with two attached hydrogens (primary N) is 1. The normalized spacial score (nSPS) is 14.1. The van der Waals surface area contributed by atoms with Gasteiger partial charge in [-0.3, -0.25) is 0 Å². The van der Waals surface area contributed by atoms with E-state index < -0.39 is 0 Å². The van der Waals surface area contributed by atoms with Crippen molar-refractivity contribution in [2.75, 3.05) is 7.11 Å². The lowest BCUT2D eigenvalue weighted by Crippen LogP contribution is -2.18. The number of nitrogens with zero attached hydrogens (tertiary/aromatic N) is 2. The maximum atomic E-state index is 6.10. The summed E-state index contributed by atoms with van der Waals surface area (Å²) in [4.78, 5) is 4.40. The second-order valence-corrected chi connectivity index (χ2v) is 5.05. The predicted molar refractivity (Wildman–Crippen MR) is 77.4 cm³/mol. The number of hydrogen-bond acceptors (Lipinski definition) is 5. The Kier molecular flexibility index (Phi) is 4.39. The van der Waals surface area contributed by atoms with E-state index >= 15 is 0 Å². The minimum absolute atomic E-state index is 0.222. The number of methoxy groups -OCH3 is 1. The lowest BCUT2D eigenvalue weighted by Gasteiger charge is -2.12. The van der Waals surface area contributed by atoms with Gasteiger partial charge in [0.25, 0.3) is 0 Å². The summed E-state index contributed by atoms with van der Waals surface area (Å²) >= 11 is 0. The summed E-state index contributed by atoms with van der Waals surface area (Å²) in [5.41, 5.74) is 8.03. The lowest BCUT2D eigenvalue weighted by molar-refractivity contribution is 0.312. The molecule has 2 rings (SSSR count). The molecule has 0 fully saturated rings. The third kappa shape index (κ3) is 2.82. The van der Waals surface area contributed by atoms with Crippen molar-refractivity contribution in [2.24, 2.45) is 11.7 Å². The SMILES string of the molecule is CCC(C)[C@H](N)c1nc(-c2ccc(OC)c(C)c2)no1. The van der Waals surface area contributed by atoms with Crippen molar-refractivity contribution >= 4 is 0 Å². The van der Waals surface area contributed by atoms with Crippen molar-refractivity contribution in [3.8, 4) is 17.1 Å². The maximum absolute atomic E-state index is 6.10. The zero-order chi connectivity index (χ0) is 14.7. The molecule has 0 aliphatic heterocycles. The van der Waals surface area contributed by atoms with Crippen molar-refractivity contribution in [1.82, 2.24) is 10.1 Å². The van der Waals surface area contributed by atoms with Gasteiger partial charge in [-0.15, -0.1) is 0 Å². The van der Waals surface area contributed by atoms with E-state index in [0.717, 1.165) is 23.3 Å². The highest BCUT2D eigenvalue weighted by Gasteiger charge is 2.20. The van der Waals surface area contributed by atoms with Gasteiger partial charge in [-0.2, -0.15) is 4.98 Å². The summed E-state index contributed by atoms with van der Waals surface area (Å²) < 4.78 is 10.5. The Balaban J connectivity index is 2.26. The molecule has 5 heteroatoms. The van der Waals surface area contributed by atoms with Crippen LogP contribution >= 0.6 is 0 Å². The first-order valence-electron chi connectivity index (χ1n) is 6.81. The Bertz CT molecular complexity index is 580. The molecule has 0 radical (unpaired) electrons. The van der Waals surface area contributed by atoms with Gasteiger partial charge in [-0.25, -0.2) is 0 Å². The molecule has 1 aromatic carbocycles. The van der Waals surface area contributed by atoms with Gasteiger partial charge in [0.1, 0.15) is 5.75 Å². The van der Waals surface area contributed by atoms with Crippen molar-refractivity contribution in [3.05, 3.63) is 29.7 Å². The molecule has 0 bridgehead atoms. The number of aromatic nitrogens is 2. The van der Waals surface area contributed by atoms with Crippen LogP contribution < -0.4 is 10.5 Å². The quantitative estimate of drug-likeness (QED) is 0.907. The second-order valence-electron chi connectivity index (χ2n) is 5.05. The molecule has 0 saturated carbocycles. The van der Waals surface area contributed by atoms with Crippen LogP contribution in [0.25, 0.3) is 11.4 Å². The molecule has 0 aliphatic rings. The number of rotatable bonds is 5. The van der Waals surface area contributed by atoms with Gasteiger partial charge in [0.05, 0.1) is 13.2 Å². The van der Waals surface area contributed by atoms with Gasteiger partial charge in [-0.1, -0.05) is 25.4 Å². The molecular formula is C15H21N3O2. The summed E-state index contributed by atoms with van der Waals surface area (Å²) in [7, 11) is 1.65. The summed E-state index contributed by atoms with van der Waals surface area (Å²) in [5.74, 6) is 2.20. The molecule has 2 aromatic rings. The fraction of sp³-hybridized carbons (Fsp3) is 0.467. The van der Waals surface area contributed by atoms with E-state index in [9.17, 15) is 0 Å². The molecule has 0 saturated heterocycles. The molecule has 0 spiro atoms. The Morgan fingerprint density at radius 1 is 1.40 bits per heavy atom. The van der Waals surface area contributed by atoms with Gasteiger partial charge < -0.3 is 15.0 Å². The minimum Gasteiger partial charge on any atom is -0.496 e. The van der Waals surface area contributed by atoms with E-state index in [4.69, 9.17) is 15.0 Å². The average Bonchev–Trinajstić information content (AvgIpc) is 2.95. The third-order valence-corrected chi connectivity index (χ3v) is 3.64. The standard InChI is InChI=1S/C15H21N3O2/c1-5-9(2)13(16)15-17-14(18-20-15)11-6-7-12(19-4)10(3)8-11/h6-9,13H,5,16H2,1-4H3/t9?,13-/m0/s1. The van der Waals surface area contributed by atoms with E-state index in [1.54, 1.807) is 7.11 Å². The molecule has 5 nitrogen and oxygen atoms in total. The van der Waals surface area contributed by atoms with Crippen LogP contribution in [0, 0.1) is 12.8 Å². The molecule has 108 valence electrons. The van der Waals surface area contributed by atoms with Crippen LogP contribution in [-0.2, 0) is 0 Å². The molecule has 1 aromatic heterocycles. The van der Waals surface area contributed by atoms with Gasteiger partial charge >= 0.3 is 0 Å². The first kappa shape index (κ1) is 14.5. The highest BCUT2D eigenvalue weighted by Crippen LogP contribution is 2.26. The Morgan fingerprint density at radius 3 is 2.75 bits per heavy atom. The second kappa shape index (κ2) is 6.05. The summed E-state index contributed by atoms with van der Waals surface area (Å²) in [6, 6.07) is 5.56. The zero-order valence-electron chi connectivity index (χ0n) is 12.4. The van der Waals surface area contributed by atoms with Gasteiger partial charge in [0.15, 0.2) is 0 Å². The molecule has 1 unspecified atom stereocenters. The topological polar surface area (TPSA) is 74.2 Å². The fourth-order valence-corrected chi connectivity index (χ4v) is 2.00. The van der Waals surface area contributed by atoms with Crippen LogP contribution in [0.4, 0.5) is 0 Å². The smallest absolute Gasteiger partial charge is 0.244 e. The minimum atomic E-state index is -0.222. The molecule has 0 amide bonds. The highest BCUT2D eigenvalue weighted by atomic mass is 16.5. The van der Waals surface area contributed by atoms with Crippen molar-refractivity contribution < 1.29 is 9.26 Å². The molecule has 20 heavy (non-hydrogen) atoms. The lowest BCUT2D eigenvalue weighted by atomic mass is 10.0. The number of aryl methyl sites for hydroxylation is 1. The van der Waals surface area contributed by atoms with E-state index in [1.165, 1.54) is 0 Å². The zero-order valence-corrected chi connectivity index (χ0v) is 12.4. The summed E-state index contributed by atoms with van der Waals surface area (Å²) in [5, 5.41) is 4.01. The molecule has 2 N–H and O–H groups in total. The first-order valence-corrected chi connectivity index (χ1v) is 6.81. The van der Waals surface area contributed by atoms with E-state index in [1.807, 2.05) is 25.1 Å². The Morgan fingerprint density at radius 2 is 2.15 bits per heavy atom. The summed E-state index contributed by atoms with van der Waals surface area (Å²) in [6.07, 6.45) is 0.973. The number of ether oxygens (including phenoxy) is 1. The number of hydrogen-bond donors (Lipinski definition) is 1. The average molecular weight is 275 g/mol. The molecule has 0 aliphatic carbocycles. The van der Waals surface area contributed by atoms with E-state index in [0.29, 0.717) is 17.6 Å². The van der Waals surface area contributed by atoms with Crippen molar-refractivity contribution in [3.63, 3.8) is 0 Å². The van der Waals surface area contributed by atoms with Gasteiger partial charge in [-0.05, 0) is 36.6 Å². The van der Waals surface area contributed by atoms with Crippen molar-refractivity contribution in [2.45, 2.75) is 33.2 Å². The fourth-order valence-electron chi connectivity index (χ4n) is 2.00. The van der Waals surface area contributed by atoms with Crippen LogP contribution in [0.5, 0.6) is 5.75 Å². The van der Waals surface area contributed by atoms with Crippen LogP contribution in [-0.4, -0.2) is 17.3 Å². The van der Waals surface area contributed by atoms with E-state index in [2.05, 4.69) is 24.0 Å². The summed E-state index contributed by atoms with van der Waals surface area (Å²) in [6.45, 7) is 6.15. The van der Waals surface area contributed by atoms with Crippen LogP contribution in [0.3, 0.4) is 0 Å². The van der Waals surface area contributed by atoms with Crippen LogP contribution in [0.15, 0.2) is 22.7 Å². The predicted octanol–water partition coefficient (Wildman–Crippen LogP) is 3.10. The highest BCUT2D eigenvalue weighted by molar-refractivity contribution is 5.58. The molecular weight excluding hydrogens is 254 g/mol. The maximum Gasteiger partial charge on any atom is 0.244 e. The monoisotopic (exact) mass is 275 g/mol. The Labute approximate surface area is 119 Å². The first-order chi connectivity index (χ1) is 9.56. The third-order valence-electron chi connectivity index (χ3n) is 3.64. The van der Waals surface area contributed by atoms with E-state index in [-0.39, 0.29) is 6.04 Å². The number of benzene rings is 1. The molecule has 1 heterocycles.